The zero-order valence-corrected chi connectivity index (χ0v) is 17.4. The van der Waals surface area contributed by atoms with Crippen molar-refractivity contribution in [3.05, 3.63) is 48.2 Å². The lowest BCUT2D eigenvalue weighted by atomic mass is 10.2. The summed E-state index contributed by atoms with van der Waals surface area (Å²) >= 11 is -0.249. The number of hydrogen-bond acceptors (Lipinski definition) is 5. The van der Waals surface area contributed by atoms with E-state index in [1.807, 2.05) is 19.9 Å². The Balaban J connectivity index is 1.77. The van der Waals surface area contributed by atoms with E-state index in [4.69, 9.17) is 0 Å². The van der Waals surface area contributed by atoms with E-state index in [9.17, 15) is 22.8 Å². The van der Waals surface area contributed by atoms with Crippen molar-refractivity contribution < 1.29 is 22.8 Å². The molecule has 1 N–H and O–H groups in total. The van der Waals surface area contributed by atoms with Gasteiger partial charge >= 0.3 is 11.5 Å². The Hall–Kier alpha value is -2.75. The van der Waals surface area contributed by atoms with Crippen molar-refractivity contribution in [2.24, 2.45) is 0 Å². The predicted octanol–water partition coefficient (Wildman–Crippen LogP) is 4.87. The van der Waals surface area contributed by atoms with Crippen molar-refractivity contribution in [1.82, 2.24) is 9.88 Å². The van der Waals surface area contributed by atoms with E-state index in [2.05, 4.69) is 10.3 Å². The van der Waals surface area contributed by atoms with Crippen LogP contribution < -0.4 is 10.2 Å². The van der Waals surface area contributed by atoms with E-state index >= 15 is 0 Å². The van der Waals surface area contributed by atoms with Gasteiger partial charge in [-0.25, -0.2) is 14.7 Å². The quantitative estimate of drug-likeness (QED) is 0.515. The number of anilines is 2. The smallest absolute Gasteiger partial charge is 0.368 e. The number of thioether (sulfide) groups is 1. The lowest BCUT2D eigenvalue weighted by Crippen LogP contribution is -2.33. The van der Waals surface area contributed by atoms with Gasteiger partial charge in [-0.15, -0.1) is 0 Å². The molecule has 160 valence electrons. The van der Waals surface area contributed by atoms with Gasteiger partial charge < -0.3 is 10.2 Å². The summed E-state index contributed by atoms with van der Waals surface area (Å²) in [4.78, 5) is 32.3. The molecule has 0 radical (unpaired) electrons. The first kappa shape index (κ1) is 21.9. The highest BCUT2D eigenvalue weighted by Gasteiger charge is 2.43. The second-order valence-electron chi connectivity index (χ2n) is 7.15. The van der Waals surface area contributed by atoms with Gasteiger partial charge in [0.05, 0.1) is 5.69 Å². The molecule has 0 aliphatic carbocycles. The molecule has 1 aliphatic heterocycles. The Labute approximate surface area is 176 Å². The predicted molar refractivity (Wildman–Crippen MR) is 109 cm³/mol. The second kappa shape index (κ2) is 8.55. The third-order valence-corrected chi connectivity index (χ3v) is 5.16. The summed E-state index contributed by atoms with van der Waals surface area (Å²) in [6, 6.07) is 7.74. The van der Waals surface area contributed by atoms with Crippen molar-refractivity contribution in [1.29, 1.82) is 0 Å². The fraction of sp³-hybridized carbons (Fsp3) is 0.350. The van der Waals surface area contributed by atoms with Crippen LogP contribution in [0.3, 0.4) is 0 Å². The van der Waals surface area contributed by atoms with Gasteiger partial charge in [-0.05, 0) is 74.5 Å². The Morgan fingerprint density at radius 2 is 1.83 bits per heavy atom. The maximum Gasteiger partial charge on any atom is 0.446 e. The molecule has 10 heteroatoms. The molecular formula is C20H21F3N4O2S. The number of benzene rings is 1. The molecule has 3 rings (SSSR count). The van der Waals surface area contributed by atoms with Crippen molar-refractivity contribution in [2.75, 3.05) is 10.2 Å². The van der Waals surface area contributed by atoms with Crippen LogP contribution in [0.5, 0.6) is 0 Å². The molecule has 2 heterocycles. The summed E-state index contributed by atoms with van der Waals surface area (Å²) in [6.45, 7) is 5.80. The van der Waals surface area contributed by atoms with Crippen molar-refractivity contribution in [3.63, 3.8) is 0 Å². The summed E-state index contributed by atoms with van der Waals surface area (Å²) in [5.74, 6) is 0.244. The van der Waals surface area contributed by atoms with Gasteiger partial charge in [-0.2, -0.15) is 13.2 Å². The van der Waals surface area contributed by atoms with E-state index in [0.29, 0.717) is 5.82 Å². The SMILES string of the molecule is CC(C)Nc1cc(CN2C(=O)N(c3ccc(SC(F)(F)F)cc3)C(=O)C2C)ccn1. The highest BCUT2D eigenvalue weighted by atomic mass is 32.2. The van der Waals surface area contributed by atoms with Crippen molar-refractivity contribution >= 4 is 35.2 Å². The highest BCUT2D eigenvalue weighted by molar-refractivity contribution is 8.00. The number of imide groups is 1. The van der Waals surface area contributed by atoms with Gasteiger partial charge in [0, 0.05) is 23.7 Å². The Bertz CT molecular complexity index is 934. The maximum atomic E-state index is 12.9. The molecule has 30 heavy (non-hydrogen) atoms. The topological polar surface area (TPSA) is 65.5 Å². The number of rotatable bonds is 6. The maximum absolute atomic E-state index is 12.9. The lowest BCUT2D eigenvalue weighted by Gasteiger charge is -2.20. The van der Waals surface area contributed by atoms with Gasteiger partial charge in [0.1, 0.15) is 11.9 Å². The number of nitrogens with one attached hydrogen (secondary N) is 1. The fourth-order valence-corrected chi connectivity index (χ4v) is 3.63. The summed E-state index contributed by atoms with van der Waals surface area (Å²) in [6.07, 6.45) is 1.63. The molecular weight excluding hydrogens is 417 g/mol. The number of hydrogen-bond donors (Lipinski definition) is 1. The Morgan fingerprint density at radius 1 is 1.17 bits per heavy atom. The zero-order valence-electron chi connectivity index (χ0n) is 16.6. The molecule has 1 aromatic carbocycles. The van der Waals surface area contributed by atoms with E-state index in [1.165, 1.54) is 29.2 Å². The molecule has 2 aromatic rings. The van der Waals surface area contributed by atoms with Gasteiger partial charge in [0.2, 0.25) is 0 Å². The Kier molecular flexibility index (Phi) is 6.25. The summed E-state index contributed by atoms with van der Waals surface area (Å²) in [5, 5.41) is 3.18. The molecule has 3 amide bonds. The number of halogens is 3. The summed E-state index contributed by atoms with van der Waals surface area (Å²) in [5.41, 5.74) is -3.36. The highest BCUT2D eigenvalue weighted by Crippen LogP contribution is 2.38. The van der Waals surface area contributed by atoms with Crippen molar-refractivity contribution in [2.45, 2.75) is 49.8 Å². The van der Waals surface area contributed by atoms with Crippen LogP contribution in [0.15, 0.2) is 47.5 Å². The number of urea groups is 1. The number of pyridine rings is 1. The largest absolute Gasteiger partial charge is 0.446 e. The minimum atomic E-state index is -4.40. The number of alkyl halides is 3. The average molecular weight is 438 g/mol. The minimum Gasteiger partial charge on any atom is -0.368 e. The molecule has 1 fully saturated rings. The van der Waals surface area contributed by atoms with Crippen LogP contribution in [0.2, 0.25) is 0 Å². The number of amides is 3. The average Bonchev–Trinajstić information content (AvgIpc) is 2.85. The van der Waals surface area contributed by atoms with Crippen LogP contribution in [0, 0.1) is 0 Å². The van der Waals surface area contributed by atoms with Gasteiger partial charge in [-0.3, -0.25) is 4.79 Å². The molecule has 0 spiro atoms. The van der Waals surface area contributed by atoms with Crippen LogP contribution in [0.25, 0.3) is 0 Å². The lowest BCUT2D eigenvalue weighted by molar-refractivity contribution is -0.119. The molecule has 1 unspecified atom stereocenters. The van der Waals surface area contributed by atoms with E-state index in [-0.39, 0.29) is 34.9 Å². The molecule has 1 aromatic heterocycles. The van der Waals surface area contributed by atoms with Gasteiger partial charge in [0.15, 0.2) is 0 Å². The van der Waals surface area contributed by atoms with Crippen molar-refractivity contribution in [3.8, 4) is 0 Å². The van der Waals surface area contributed by atoms with E-state index < -0.39 is 23.5 Å². The fourth-order valence-electron chi connectivity index (χ4n) is 3.09. The summed E-state index contributed by atoms with van der Waals surface area (Å²) < 4.78 is 37.5. The standard InChI is InChI=1S/C20H21F3N4O2S/c1-12(2)25-17-10-14(8-9-24-17)11-26-13(3)18(28)27(19(26)29)15-4-6-16(7-5-15)30-20(21,22)23/h4-10,12-13H,11H2,1-3H3,(H,24,25). The number of aromatic nitrogens is 1. The van der Waals surface area contributed by atoms with E-state index in [0.717, 1.165) is 10.5 Å². The zero-order chi connectivity index (χ0) is 22.1. The van der Waals surface area contributed by atoms with Crippen LogP contribution in [0.1, 0.15) is 26.3 Å². The molecule has 1 aliphatic rings. The van der Waals surface area contributed by atoms with Crippen LogP contribution in [-0.4, -0.2) is 39.4 Å². The molecule has 0 bridgehead atoms. The van der Waals surface area contributed by atoms with Crippen LogP contribution in [-0.2, 0) is 11.3 Å². The van der Waals surface area contributed by atoms with Gasteiger partial charge in [0.25, 0.3) is 5.91 Å². The third kappa shape index (κ3) is 5.05. The number of carbonyl (C=O) groups is 2. The number of carbonyl (C=O) groups excluding carboxylic acids is 2. The number of nitrogens with zero attached hydrogens (tertiary/aromatic N) is 3. The summed E-state index contributed by atoms with van der Waals surface area (Å²) in [7, 11) is 0. The minimum absolute atomic E-state index is 0.0165. The van der Waals surface area contributed by atoms with Gasteiger partial charge in [-0.1, -0.05) is 0 Å². The molecule has 6 nitrogen and oxygen atoms in total. The molecule has 1 atom stereocenters. The first-order chi connectivity index (χ1) is 14.0. The Morgan fingerprint density at radius 3 is 2.43 bits per heavy atom. The van der Waals surface area contributed by atoms with Crippen LogP contribution in [0.4, 0.5) is 29.5 Å². The second-order valence-corrected chi connectivity index (χ2v) is 8.29. The third-order valence-electron chi connectivity index (χ3n) is 4.42. The first-order valence-electron chi connectivity index (χ1n) is 9.27. The van der Waals surface area contributed by atoms with E-state index in [1.54, 1.807) is 19.2 Å². The molecule has 0 saturated carbocycles. The normalized spacial score (nSPS) is 17.2. The first-order valence-corrected chi connectivity index (χ1v) is 10.1. The monoisotopic (exact) mass is 438 g/mol. The molecule has 1 saturated heterocycles. The van der Waals surface area contributed by atoms with Crippen LogP contribution >= 0.6 is 11.8 Å².